The summed E-state index contributed by atoms with van der Waals surface area (Å²) >= 11 is 0. The Balaban J connectivity index is 1.30. The molecule has 7 aromatic carbocycles. The van der Waals surface area contributed by atoms with Crippen molar-refractivity contribution in [3.05, 3.63) is 145 Å². The van der Waals surface area contributed by atoms with E-state index in [9.17, 15) is 0 Å². The summed E-state index contributed by atoms with van der Waals surface area (Å²) in [5, 5.41) is 6.73. The van der Waals surface area contributed by atoms with Crippen LogP contribution in [0.25, 0.3) is 88.2 Å². The summed E-state index contributed by atoms with van der Waals surface area (Å²) in [7, 11) is 0. The summed E-state index contributed by atoms with van der Waals surface area (Å²) < 4.78 is 6.26. The SMILES string of the molecule is CC1(C)c2ccccc2-c2cc(-c3nc4c(ccc5ccccc54)nc3-c3cccc4cc5oc6ccccc6c5cc34)ccc21. The van der Waals surface area contributed by atoms with E-state index in [1.165, 1.54) is 22.3 Å². The Bertz CT molecular complexity index is 2730. The summed E-state index contributed by atoms with van der Waals surface area (Å²) in [6, 6.07) is 47.5. The zero-order valence-electron chi connectivity index (χ0n) is 25.5. The van der Waals surface area contributed by atoms with Crippen LogP contribution in [0.5, 0.6) is 0 Å². The number of furan rings is 1. The van der Waals surface area contributed by atoms with Gasteiger partial charge in [0.15, 0.2) is 0 Å². The maximum absolute atomic E-state index is 6.26. The average Bonchev–Trinajstić information content (AvgIpc) is 3.57. The monoisotopic (exact) mass is 588 g/mol. The van der Waals surface area contributed by atoms with Gasteiger partial charge in [-0.05, 0) is 68.7 Å². The maximum Gasteiger partial charge on any atom is 0.136 e. The van der Waals surface area contributed by atoms with Gasteiger partial charge in [0.25, 0.3) is 0 Å². The zero-order chi connectivity index (χ0) is 30.6. The highest BCUT2D eigenvalue weighted by atomic mass is 16.3. The number of nitrogens with zero attached hydrogens (tertiary/aromatic N) is 2. The molecule has 0 radical (unpaired) electrons. The molecule has 0 fully saturated rings. The van der Waals surface area contributed by atoms with Crippen molar-refractivity contribution in [2.24, 2.45) is 0 Å². The van der Waals surface area contributed by atoms with E-state index in [0.29, 0.717) is 0 Å². The Hall–Kier alpha value is -5.80. The van der Waals surface area contributed by atoms with Crippen LogP contribution in [0.4, 0.5) is 0 Å². The molecular formula is C43H28N2O. The molecule has 0 atom stereocenters. The Morgan fingerprint density at radius 3 is 2.17 bits per heavy atom. The molecule has 1 aliphatic rings. The zero-order valence-corrected chi connectivity index (χ0v) is 25.5. The van der Waals surface area contributed by atoms with Gasteiger partial charge in [-0.15, -0.1) is 0 Å². The molecule has 3 nitrogen and oxygen atoms in total. The first kappa shape index (κ1) is 25.5. The molecule has 0 N–H and O–H groups in total. The Kier molecular flexibility index (Phi) is 5.06. The van der Waals surface area contributed by atoms with Crippen LogP contribution in [0, 0.1) is 0 Å². The standard InChI is InChI=1S/C43H28N2O/c1-43(2)35-16-7-5-13-29(35)33-22-27(18-20-36(33)43)40-42(44-37-21-19-25-10-3-4-12-28(25)41(37)45-40)31-15-9-11-26-23-39-34(24-32(26)31)30-14-6-8-17-38(30)46-39/h3-24H,1-2H3. The minimum atomic E-state index is -0.0626. The maximum atomic E-state index is 6.26. The number of hydrogen-bond donors (Lipinski definition) is 0. The van der Waals surface area contributed by atoms with Crippen molar-refractivity contribution in [1.29, 1.82) is 0 Å². The lowest BCUT2D eigenvalue weighted by atomic mass is 9.82. The molecule has 0 aliphatic heterocycles. The summed E-state index contributed by atoms with van der Waals surface area (Å²) in [5.74, 6) is 0. The van der Waals surface area contributed by atoms with Gasteiger partial charge in [-0.25, -0.2) is 9.97 Å². The van der Waals surface area contributed by atoms with Crippen LogP contribution < -0.4 is 0 Å². The largest absolute Gasteiger partial charge is 0.456 e. The Labute approximate surface area is 265 Å². The molecule has 0 unspecified atom stereocenters. The van der Waals surface area contributed by atoms with Crippen LogP contribution >= 0.6 is 0 Å². The summed E-state index contributed by atoms with van der Waals surface area (Å²) in [6.07, 6.45) is 0. The quantitative estimate of drug-likeness (QED) is 0.189. The number of para-hydroxylation sites is 1. The van der Waals surface area contributed by atoms with Gasteiger partial charge in [0.05, 0.1) is 22.4 Å². The van der Waals surface area contributed by atoms with Crippen molar-refractivity contribution >= 4 is 54.5 Å². The second-order valence-electron chi connectivity index (χ2n) is 13.0. The van der Waals surface area contributed by atoms with E-state index < -0.39 is 0 Å². The topological polar surface area (TPSA) is 38.9 Å². The fraction of sp³-hybridized carbons (Fsp3) is 0.0698. The molecule has 46 heavy (non-hydrogen) atoms. The molecular weight excluding hydrogens is 560 g/mol. The predicted octanol–water partition coefficient (Wildman–Crippen LogP) is 11.5. The summed E-state index contributed by atoms with van der Waals surface area (Å²) in [6.45, 7) is 4.64. The van der Waals surface area contributed by atoms with E-state index in [2.05, 4.69) is 135 Å². The lowest BCUT2D eigenvalue weighted by Gasteiger charge is -2.21. The molecule has 2 aromatic heterocycles. The summed E-state index contributed by atoms with van der Waals surface area (Å²) in [5.41, 5.74) is 12.7. The Morgan fingerprint density at radius 1 is 0.478 bits per heavy atom. The molecule has 1 aliphatic carbocycles. The lowest BCUT2D eigenvalue weighted by Crippen LogP contribution is -2.14. The van der Waals surface area contributed by atoms with Crippen molar-refractivity contribution in [2.75, 3.05) is 0 Å². The third-order valence-corrected chi connectivity index (χ3v) is 10.0. The van der Waals surface area contributed by atoms with Gasteiger partial charge in [0.1, 0.15) is 11.2 Å². The van der Waals surface area contributed by atoms with Gasteiger partial charge in [-0.2, -0.15) is 0 Å². The third kappa shape index (κ3) is 3.48. The van der Waals surface area contributed by atoms with Gasteiger partial charge in [0.2, 0.25) is 0 Å². The van der Waals surface area contributed by atoms with Crippen LogP contribution in [0.2, 0.25) is 0 Å². The van der Waals surface area contributed by atoms with Gasteiger partial charge in [-0.1, -0.05) is 117 Å². The van der Waals surface area contributed by atoms with Crippen LogP contribution in [0.15, 0.2) is 138 Å². The molecule has 0 saturated carbocycles. The first-order valence-corrected chi connectivity index (χ1v) is 15.8. The molecule has 2 heterocycles. The summed E-state index contributed by atoms with van der Waals surface area (Å²) in [4.78, 5) is 10.9. The highest BCUT2D eigenvalue weighted by Gasteiger charge is 2.35. The molecule has 0 amide bonds. The van der Waals surface area contributed by atoms with Crippen LogP contribution in [0.3, 0.4) is 0 Å². The second-order valence-corrected chi connectivity index (χ2v) is 13.0. The van der Waals surface area contributed by atoms with Gasteiger partial charge in [0, 0.05) is 32.7 Å². The number of aromatic nitrogens is 2. The number of rotatable bonds is 2. The van der Waals surface area contributed by atoms with Crippen molar-refractivity contribution in [2.45, 2.75) is 19.3 Å². The molecule has 0 spiro atoms. The normalized spacial score (nSPS) is 13.6. The van der Waals surface area contributed by atoms with E-state index in [0.717, 1.165) is 77.0 Å². The van der Waals surface area contributed by atoms with Crippen LogP contribution in [0.1, 0.15) is 25.0 Å². The fourth-order valence-corrected chi connectivity index (χ4v) is 7.75. The fourth-order valence-electron chi connectivity index (χ4n) is 7.75. The number of benzene rings is 7. The number of hydrogen-bond acceptors (Lipinski definition) is 3. The van der Waals surface area contributed by atoms with Gasteiger partial charge in [-0.3, -0.25) is 0 Å². The average molecular weight is 589 g/mol. The molecule has 10 rings (SSSR count). The molecule has 0 bridgehead atoms. The lowest BCUT2D eigenvalue weighted by molar-refractivity contribution is 0.660. The van der Waals surface area contributed by atoms with Crippen LogP contribution in [-0.2, 0) is 5.41 Å². The minimum absolute atomic E-state index is 0.0626. The van der Waals surface area contributed by atoms with E-state index >= 15 is 0 Å². The highest BCUT2D eigenvalue weighted by molar-refractivity contribution is 6.13. The van der Waals surface area contributed by atoms with Crippen LogP contribution in [-0.4, -0.2) is 9.97 Å². The van der Waals surface area contributed by atoms with Gasteiger partial charge < -0.3 is 4.42 Å². The molecule has 216 valence electrons. The van der Waals surface area contributed by atoms with Crippen molar-refractivity contribution < 1.29 is 4.42 Å². The number of fused-ring (bicyclic) bond motifs is 10. The first-order chi connectivity index (χ1) is 22.5. The van der Waals surface area contributed by atoms with Crippen molar-refractivity contribution in [3.8, 4) is 33.6 Å². The molecule has 9 aromatic rings. The van der Waals surface area contributed by atoms with E-state index in [-0.39, 0.29) is 5.41 Å². The van der Waals surface area contributed by atoms with Crippen molar-refractivity contribution in [3.63, 3.8) is 0 Å². The van der Waals surface area contributed by atoms with E-state index in [4.69, 9.17) is 14.4 Å². The molecule has 0 saturated heterocycles. The van der Waals surface area contributed by atoms with E-state index in [1.54, 1.807) is 0 Å². The predicted molar refractivity (Wildman–Crippen MR) is 190 cm³/mol. The van der Waals surface area contributed by atoms with Crippen molar-refractivity contribution in [1.82, 2.24) is 9.97 Å². The van der Waals surface area contributed by atoms with E-state index in [1.807, 2.05) is 12.1 Å². The first-order valence-electron chi connectivity index (χ1n) is 15.8. The minimum Gasteiger partial charge on any atom is -0.456 e. The van der Waals surface area contributed by atoms with Gasteiger partial charge >= 0.3 is 0 Å². The molecule has 3 heteroatoms. The second kappa shape index (κ2) is 9.12. The smallest absolute Gasteiger partial charge is 0.136 e. The third-order valence-electron chi connectivity index (χ3n) is 10.0. The highest BCUT2D eigenvalue weighted by Crippen LogP contribution is 2.50. The Morgan fingerprint density at radius 2 is 1.24 bits per heavy atom.